The Morgan fingerprint density at radius 3 is 3.00 bits per heavy atom. The van der Waals surface area contributed by atoms with Gasteiger partial charge in [0.25, 0.3) is 0 Å². The molecule has 2 unspecified atom stereocenters. The number of hydrogen-bond acceptors (Lipinski definition) is 4. The second kappa shape index (κ2) is 5.08. The van der Waals surface area contributed by atoms with Crippen LogP contribution in [-0.2, 0) is 4.74 Å². The van der Waals surface area contributed by atoms with Crippen molar-refractivity contribution in [1.82, 2.24) is 0 Å². The second-order valence-corrected chi connectivity index (χ2v) is 4.83. The van der Waals surface area contributed by atoms with Crippen LogP contribution in [0, 0.1) is 5.41 Å². The summed E-state index contributed by atoms with van der Waals surface area (Å²) in [5, 5.41) is 0. The number of ether oxygens (including phenoxy) is 2. The van der Waals surface area contributed by atoms with Crippen molar-refractivity contribution >= 4 is 5.78 Å². The Hall–Kier alpha value is -1.39. The number of carbonyl (C=O) groups is 1. The molecule has 1 heterocycles. The number of carbonyl (C=O) groups excluding carboxylic acids is 1. The van der Waals surface area contributed by atoms with Crippen molar-refractivity contribution in [2.45, 2.75) is 19.9 Å². The van der Waals surface area contributed by atoms with Gasteiger partial charge in [0.1, 0.15) is 5.75 Å². The maximum absolute atomic E-state index is 12.5. The lowest BCUT2D eigenvalue weighted by Crippen LogP contribution is -2.44. The SMILES string of the molecule is CCOc1cccc(C(=O)C2(C)COCC2N)c1. The molecular weight excluding hydrogens is 230 g/mol. The lowest BCUT2D eigenvalue weighted by molar-refractivity contribution is 0.0767. The fourth-order valence-electron chi connectivity index (χ4n) is 2.15. The first kappa shape index (κ1) is 13.1. The predicted molar refractivity (Wildman–Crippen MR) is 68.8 cm³/mol. The second-order valence-electron chi connectivity index (χ2n) is 4.83. The number of ketones is 1. The highest BCUT2D eigenvalue weighted by Gasteiger charge is 2.44. The summed E-state index contributed by atoms with van der Waals surface area (Å²) in [6, 6.07) is 6.97. The molecular formula is C14H19NO3. The summed E-state index contributed by atoms with van der Waals surface area (Å²) < 4.78 is 10.7. The van der Waals surface area contributed by atoms with Crippen LogP contribution in [0.4, 0.5) is 0 Å². The van der Waals surface area contributed by atoms with E-state index >= 15 is 0 Å². The first-order chi connectivity index (χ1) is 8.58. The van der Waals surface area contributed by atoms with E-state index in [1.54, 1.807) is 12.1 Å². The summed E-state index contributed by atoms with van der Waals surface area (Å²) in [6.45, 7) is 5.17. The summed E-state index contributed by atoms with van der Waals surface area (Å²) in [6.07, 6.45) is 0. The minimum absolute atomic E-state index is 0.0223. The molecule has 2 rings (SSSR count). The molecule has 1 aromatic carbocycles. The zero-order chi connectivity index (χ0) is 13.2. The Kier molecular flexibility index (Phi) is 3.68. The Balaban J connectivity index is 2.25. The molecule has 0 aliphatic carbocycles. The van der Waals surface area contributed by atoms with Gasteiger partial charge in [-0.05, 0) is 26.0 Å². The van der Waals surface area contributed by atoms with Crippen molar-refractivity contribution in [2.75, 3.05) is 19.8 Å². The van der Waals surface area contributed by atoms with Gasteiger partial charge in [0.2, 0.25) is 0 Å². The fourth-order valence-corrected chi connectivity index (χ4v) is 2.15. The van der Waals surface area contributed by atoms with Crippen molar-refractivity contribution in [3.8, 4) is 5.75 Å². The van der Waals surface area contributed by atoms with Gasteiger partial charge in [-0.25, -0.2) is 0 Å². The largest absolute Gasteiger partial charge is 0.494 e. The van der Waals surface area contributed by atoms with Crippen molar-refractivity contribution in [3.63, 3.8) is 0 Å². The van der Waals surface area contributed by atoms with E-state index in [9.17, 15) is 4.79 Å². The van der Waals surface area contributed by atoms with E-state index in [1.807, 2.05) is 26.0 Å². The molecule has 0 aromatic heterocycles. The molecule has 2 atom stereocenters. The average Bonchev–Trinajstić information content (AvgIpc) is 2.71. The summed E-state index contributed by atoms with van der Waals surface area (Å²) in [5.74, 6) is 0.730. The van der Waals surface area contributed by atoms with Crippen LogP contribution in [0.3, 0.4) is 0 Å². The minimum atomic E-state index is -0.634. The van der Waals surface area contributed by atoms with Gasteiger partial charge >= 0.3 is 0 Å². The van der Waals surface area contributed by atoms with E-state index in [2.05, 4.69) is 0 Å². The molecule has 2 N–H and O–H groups in total. The molecule has 1 fully saturated rings. The highest BCUT2D eigenvalue weighted by Crippen LogP contribution is 2.32. The molecule has 4 heteroatoms. The highest BCUT2D eigenvalue weighted by atomic mass is 16.5. The van der Waals surface area contributed by atoms with Gasteiger partial charge in [0.15, 0.2) is 5.78 Å². The third-order valence-corrected chi connectivity index (χ3v) is 3.44. The van der Waals surface area contributed by atoms with E-state index in [4.69, 9.17) is 15.2 Å². The van der Waals surface area contributed by atoms with Gasteiger partial charge < -0.3 is 15.2 Å². The van der Waals surface area contributed by atoms with Gasteiger partial charge in [-0.1, -0.05) is 12.1 Å². The number of rotatable bonds is 4. The molecule has 0 bridgehead atoms. The van der Waals surface area contributed by atoms with Crippen molar-refractivity contribution in [1.29, 1.82) is 0 Å². The smallest absolute Gasteiger partial charge is 0.172 e. The van der Waals surface area contributed by atoms with Gasteiger partial charge in [0, 0.05) is 11.6 Å². The van der Waals surface area contributed by atoms with Crippen molar-refractivity contribution in [3.05, 3.63) is 29.8 Å². The monoisotopic (exact) mass is 249 g/mol. The van der Waals surface area contributed by atoms with Crippen LogP contribution < -0.4 is 10.5 Å². The average molecular weight is 249 g/mol. The molecule has 98 valence electrons. The Morgan fingerprint density at radius 1 is 1.61 bits per heavy atom. The third-order valence-electron chi connectivity index (χ3n) is 3.44. The molecule has 4 nitrogen and oxygen atoms in total. The zero-order valence-corrected chi connectivity index (χ0v) is 10.8. The lowest BCUT2D eigenvalue weighted by Gasteiger charge is -2.25. The van der Waals surface area contributed by atoms with Crippen LogP contribution >= 0.6 is 0 Å². The normalized spacial score (nSPS) is 27.2. The molecule has 18 heavy (non-hydrogen) atoms. The molecule has 1 aromatic rings. The van der Waals surface area contributed by atoms with Crippen LogP contribution in [0.15, 0.2) is 24.3 Å². The third kappa shape index (κ3) is 2.26. The number of hydrogen-bond donors (Lipinski definition) is 1. The van der Waals surface area contributed by atoms with Crippen LogP contribution in [0.25, 0.3) is 0 Å². The van der Waals surface area contributed by atoms with E-state index in [0.29, 0.717) is 31.1 Å². The molecule has 1 aliphatic heterocycles. The zero-order valence-electron chi connectivity index (χ0n) is 10.8. The van der Waals surface area contributed by atoms with Crippen LogP contribution in [0.2, 0.25) is 0 Å². The topological polar surface area (TPSA) is 61.5 Å². The van der Waals surface area contributed by atoms with Gasteiger partial charge in [-0.15, -0.1) is 0 Å². The standard InChI is InChI=1S/C14H19NO3/c1-3-18-11-6-4-5-10(7-11)13(16)14(2)9-17-8-12(14)15/h4-7,12H,3,8-9,15H2,1-2H3. The van der Waals surface area contributed by atoms with Crippen LogP contribution in [-0.4, -0.2) is 31.6 Å². The minimum Gasteiger partial charge on any atom is -0.494 e. The van der Waals surface area contributed by atoms with Crippen molar-refractivity contribution in [2.24, 2.45) is 11.1 Å². The fraction of sp³-hybridized carbons (Fsp3) is 0.500. The van der Waals surface area contributed by atoms with Gasteiger partial charge in [-0.2, -0.15) is 0 Å². The van der Waals surface area contributed by atoms with E-state index in [1.165, 1.54) is 0 Å². The predicted octanol–water partition coefficient (Wildman–Crippen LogP) is 1.63. The summed E-state index contributed by atoms with van der Waals surface area (Å²) >= 11 is 0. The van der Waals surface area contributed by atoms with Crippen LogP contribution in [0.1, 0.15) is 24.2 Å². The van der Waals surface area contributed by atoms with Gasteiger partial charge in [0.05, 0.1) is 25.2 Å². The first-order valence-corrected chi connectivity index (χ1v) is 6.19. The van der Waals surface area contributed by atoms with Crippen LogP contribution in [0.5, 0.6) is 5.75 Å². The summed E-state index contributed by atoms with van der Waals surface area (Å²) in [5.41, 5.74) is 5.97. The first-order valence-electron chi connectivity index (χ1n) is 6.19. The number of nitrogens with two attached hydrogens (primary N) is 1. The van der Waals surface area contributed by atoms with Gasteiger partial charge in [-0.3, -0.25) is 4.79 Å². The van der Waals surface area contributed by atoms with Crippen molar-refractivity contribution < 1.29 is 14.3 Å². The lowest BCUT2D eigenvalue weighted by atomic mass is 9.78. The molecule has 1 aliphatic rings. The number of benzene rings is 1. The quantitative estimate of drug-likeness (QED) is 0.824. The number of Topliss-reactive ketones (excluding diaryl/α,β-unsaturated/α-hetero) is 1. The Bertz CT molecular complexity index is 446. The summed E-state index contributed by atoms with van der Waals surface area (Å²) in [4.78, 5) is 12.5. The maximum Gasteiger partial charge on any atom is 0.172 e. The molecule has 0 amide bonds. The van der Waals surface area contributed by atoms with E-state index in [-0.39, 0.29) is 11.8 Å². The maximum atomic E-state index is 12.5. The molecule has 0 radical (unpaired) electrons. The Morgan fingerprint density at radius 2 is 2.39 bits per heavy atom. The molecule has 1 saturated heterocycles. The molecule has 0 saturated carbocycles. The summed E-state index contributed by atoms with van der Waals surface area (Å²) in [7, 11) is 0. The molecule has 0 spiro atoms. The highest BCUT2D eigenvalue weighted by molar-refractivity contribution is 6.01. The Labute approximate surface area is 107 Å². The van der Waals surface area contributed by atoms with E-state index < -0.39 is 5.41 Å². The van der Waals surface area contributed by atoms with E-state index in [0.717, 1.165) is 0 Å².